The zero-order valence-corrected chi connectivity index (χ0v) is 22.5. The van der Waals surface area contributed by atoms with Crippen LogP contribution < -0.4 is 0 Å². The summed E-state index contributed by atoms with van der Waals surface area (Å²) in [5, 5.41) is 0. The van der Waals surface area contributed by atoms with Crippen molar-refractivity contribution in [1.82, 2.24) is 15.0 Å². The molecule has 6 aromatic rings. The molecule has 0 unspecified atom stereocenters. The van der Waals surface area contributed by atoms with Crippen LogP contribution in [0.1, 0.15) is 22.3 Å². The average Bonchev–Trinajstić information content (AvgIpc) is 3.01. The van der Waals surface area contributed by atoms with Gasteiger partial charge in [-0.1, -0.05) is 114 Å². The topological polar surface area (TPSA) is 38.7 Å². The molecule has 190 valence electrons. The summed E-state index contributed by atoms with van der Waals surface area (Å²) in [4.78, 5) is 14.5. The molecule has 0 spiro atoms. The van der Waals surface area contributed by atoms with E-state index < -0.39 is 0 Å². The zero-order chi connectivity index (χ0) is 27.3. The van der Waals surface area contributed by atoms with Crippen molar-refractivity contribution >= 4 is 0 Å². The van der Waals surface area contributed by atoms with Gasteiger partial charge in [-0.3, -0.25) is 0 Å². The van der Waals surface area contributed by atoms with Crippen LogP contribution in [-0.2, 0) is 0 Å². The predicted molar refractivity (Wildman–Crippen MR) is 163 cm³/mol. The maximum atomic E-state index is 4.84. The summed E-state index contributed by atoms with van der Waals surface area (Å²) in [5.74, 6) is 8.51. The highest BCUT2D eigenvalue weighted by Gasteiger charge is 2.12. The van der Waals surface area contributed by atoms with Gasteiger partial charge in [0.15, 0.2) is 17.5 Å². The van der Waals surface area contributed by atoms with Crippen molar-refractivity contribution in [3.05, 3.63) is 150 Å². The van der Waals surface area contributed by atoms with Crippen LogP contribution in [0.5, 0.6) is 0 Å². The minimum absolute atomic E-state index is 0.636. The van der Waals surface area contributed by atoms with Crippen LogP contribution in [0.3, 0.4) is 0 Å². The highest BCUT2D eigenvalue weighted by atomic mass is 15.0. The monoisotopic (exact) mass is 513 g/mol. The van der Waals surface area contributed by atoms with Crippen molar-refractivity contribution in [3.8, 4) is 57.1 Å². The Kier molecular flexibility index (Phi) is 6.99. The highest BCUT2D eigenvalue weighted by Crippen LogP contribution is 2.25. The van der Waals surface area contributed by atoms with E-state index in [4.69, 9.17) is 15.0 Å². The Morgan fingerprint density at radius 2 is 0.675 bits per heavy atom. The van der Waals surface area contributed by atoms with Gasteiger partial charge in [-0.15, -0.1) is 0 Å². The summed E-state index contributed by atoms with van der Waals surface area (Å²) in [5.41, 5.74) is 9.53. The maximum Gasteiger partial charge on any atom is 0.164 e. The van der Waals surface area contributed by atoms with Gasteiger partial charge in [0.1, 0.15) is 0 Å². The lowest BCUT2D eigenvalue weighted by molar-refractivity contribution is 1.07. The van der Waals surface area contributed by atoms with Gasteiger partial charge in [-0.2, -0.15) is 0 Å². The largest absolute Gasteiger partial charge is 0.208 e. The second-order valence-electron chi connectivity index (χ2n) is 9.81. The Labute approximate surface area is 235 Å². The molecule has 0 aliphatic carbocycles. The smallest absolute Gasteiger partial charge is 0.164 e. The molecular formula is C37H27N3. The first-order valence-electron chi connectivity index (χ1n) is 13.3. The van der Waals surface area contributed by atoms with Gasteiger partial charge < -0.3 is 0 Å². The quantitative estimate of drug-likeness (QED) is 0.222. The summed E-state index contributed by atoms with van der Waals surface area (Å²) in [6, 6.07) is 43.3. The SMILES string of the molecule is Cc1ccc(-c2nc(-c3ccc(C)cc3)nc(-c3ccc(C#Cc4ccc(-c5ccccc5)cc4)cc3)n2)cc1. The standard InChI is InChI=1S/C37H27N3/c1-26-8-18-32(19-9-26)35-38-36(33-20-10-27(2)11-21-33)40-37(39-35)34-24-16-29(17-25-34)13-12-28-14-22-31(23-15-28)30-6-4-3-5-7-30/h3-11,14-25H,1-2H3. The van der Waals surface area contributed by atoms with Crippen molar-refractivity contribution in [2.75, 3.05) is 0 Å². The van der Waals surface area contributed by atoms with Crippen LogP contribution in [0.15, 0.2) is 127 Å². The molecule has 0 saturated heterocycles. The molecule has 0 N–H and O–H groups in total. The van der Waals surface area contributed by atoms with E-state index in [-0.39, 0.29) is 0 Å². The molecule has 0 amide bonds. The predicted octanol–water partition coefficient (Wildman–Crippen LogP) is 8.56. The van der Waals surface area contributed by atoms with Gasteiger partial charge in [-0.25, -0.2) is 15.0 Å². The second-order valence-corrected chi connectivity index (χ2v) is 9.81. The third kappa shape index (κ3) is 5.72. The minimum atomic E-state index is 0.636. The van der Waals surface area contributed by atoms with Crippen LogP contribution in [0.4, 0.5) is 0 Å². The van der Waals surface area contributed by atoms with Gasteiger partial charge in [0, 0.05) is 27.8 Å². The molecule has 0 fully saturated rings. The lowest BCUT2D eigenvalue weighted by Crippen LogP contribution is -2.00. The molecule has 6 rings (SSSR count). The van der Waals surface area contributed by atoms with Gasteiger partial charge in [0.05, 0.1) is 0 Å². The Morgan fingerprint density at radius 3 is 1.07 bits per heavy atom. The minimum Gasteiger partial charge on any atom is -0.208 e. The number of rotatable bonds is 4. The van der Waals surface area contributed by atoms with E-state index in [0.29, 0.717) is 17.5 Å². The lowest BCUT2D eigenvalue weighted by Gasteiger charge is -2.09. The number of hydrogen-bond donors (Lipinski definition) is 0. The fourth-order valence-corrected chi connectivity index (χ4v) is 4.39. The molecule has 0 aliphatic rings. The van der Waals surface area contributed by atoms with Gasteiger partial charge >= 0.3 is 0 Å². The van der Waals surface area contributed by atoms with Gasteiger partial charge in [-0.05, 0) is 61.4 Å². The summed E-state index contributed by atoms with van der Waals surface area (Å²) in [6.07, 6.45) is 0. The number of aromatic nitrogens is 3. The first-order chi connectivity index (χ1) is 19.6. The molecule has 0 radical (unpaired) electrons. The van der Waals surface area contributed by atoms with Crippen LogP contribution in [0.25, 0.3) is 45.3 Å². The van der Waals surface area contributed by atoms with Crippen molar-refractivity contribution < 1.29 is 0 Å². The zero-order valence-electron chi connectivity index (χ0n) is 22.5. The summed E-state index contributed by atoms with van der Waals surface area (Å²) >= 11 is 0. The summed E-state index contributed by atoms with van der Waals surface area (Å²) < 4.78 is 0. The molecular weight excluding hydrogens is 486 g/mol. The lowest BCUT2D eigenvalue weighted by atomic mass is 10.0. The first kappa shape index (κ1) is 25.0. The maximum absolute atomic E-state index is 4.84. The van der Waals surface area contributed by atoms with Crippen LogP contribution in [-0.4, -0.2) is 15.0 Å². The Balaban J connectivity index is 1.29. The van der Waals surface area contributed by atoms with Crippen LogP contribution >= 0.6 is 0 Å². The van der Waals surface area contributed by atoms with Crippen molar-refractivity contribution in [3.63, 3.8) is 0 Å². The van der Waals surface area contributed by atoms with Gasteiger partial charge in [0.2, 0.25) is 0 Å². The Hall–Kier alpha value is -5.33. The van der Waals surface area contributed by atoms with Crippen molar-refractivity contribution in [1.29, 1.82) is 0 Å². The number of nitrogens with zero attached hydrogens (tertiary/aromatic N) is 3. The Morgan fingerprint density at radius 1 is 0.350 bits per heavy atom. The molecule has 0 atom stereocenters. The van der Waals surface area contributed by atoms with E-state index in [0.717, 1.165) is 27.8 Å². The van der Waals surface area contributed by atoms with E-state index >= 15 is 0 Å². The number of hydrogen-bond acceptors (Lipinski definition) is 3. The molecule has 0 aliphatic heterocycles. The van der Waals surface area contributed by atoms with Gasteiger partial charge in [0.25, 0.3) is 0 Å². The Bertz CT molecular complexity index is 1750. The van der Waals surface area contributed by atoms with E-state index in [1.165, 1.54) is 22.3 Å². The van der Waals surface area contributed by atoms with Crippen LogP contribution in [0, 0.1) is 25.7 Å². The summed E-state index contributed by atoms with van der Waals surface area (Å²) in [6.45, 7) is 4.15. The second kappa shape index (κ2) is 11.2. The number of benzene rings is 5. The molecule has 3 nitrogen and oxygen atoms in total. The number of aryl methyl sites for hydroxylation is 2. The normalized spacial score (nSPS) is 10.6. The van der Waals surface area contributed by atoms with Crippen molar-refractivity contribution in [2.24, 2.45) is 0 Å². The molecule has 3 heteroatoms. The van der Waals surface area contributed by atoms with E-state index in [2.05, 4.69) is 123 Å². The molecule has 1 aromatic heterocycles. The van der Waals surface area contributed by atoms with E-state index in [1.54, 1.807) is 0 Å². The third-order valence-corrected chi connectivity index (χ3v) is 6.74. The summed E-state index contributed by atoms with van der Waals surface area (Å²) in [7, 11) is 0. The molecule has 0 bridgehead atoms. The fourth-order valence-electron chi connectivity index (χ4n) is 4.39. The average molecular weight is 514 g/mol. The van der Waals surface area contributed by atoms with E-state index in [1.807, 2.05) is 30.3 Å². The fraction of sp³-hybridized carbons (Fsp3) is 0.0541. The van der Waals surface area contributed by atoms with Crippen molar-refractivity contribution in [2.45, 2.75) is 13.8 Å². The van der Waals surface area contributed by atoms with Crippen LogP contribution in [0.2, 0.25) is 0 Å². The molecule has 1 heterocycles. The highest BCUT2D eigenvalue weighted by molar-refractivity contribution is 5.67. The third-order valence-electron chi connectivity index (χ3n) is 6.74. The molecule has 40 heavy (non-hydrogen) atoms. The molecule has 5 aromatic carbocycles. The first-order valence-corrected chi connectivity index (χ1v) is 13.3. The van der Waals surface area contributed by atoms with E-state index in [9.17, 15) is 0 Å². The molecule has 0 saturated carbocycles.